The van der Waals surface area contributed by atoms with Crippen LogP contribution in [0, 0.1) is 0 Å². The van der Waals surface area contributed by atoms with Crippen molar-refractivity contribution in [2.75, 3.05) is 31.1 Å². The molecular weight excluding hydrogens is 376 g/mol. The summed E-state index contributed by atoms with van der Waals surface area (Å²) < 4.78 is 0. The van der Waals surface area contributed by atoms with Crippen LogP contribution in [0.2, 0.25) is 5.02 Å². The number of benzene rings is 1. The van der Waals surface area contributed by atoms with E-state index in [-0.39, 0.29) is 0 Å². The van der Waals surface area contributed by atoms with Gasteiger partial charge in [-0.15, -0.1) is 11.3 Å². The number of anilines is 1. The minimum absolute atomic E-state index is 0.857. The SMILES string of the molecule is CCc1nc(N2CCN(Cc3ccccc3Cl)CC2)c2cc(CC)sc2n1. The quantitative estimate of drug-likeness (QED) is 0.616. The van der Waals surface area contributed by atoms with Gasteiger partial charge >= 0.3 is 0 Å². The summed E-state index contributed by atoms with van der Waals surface area (Å²) in [7, 11) is 0. The van der Waals surface area contributed by atoms with E-state index >= 15 is 0 Å². The number of aryl methyl sites for hydroxylation is 2. The lowest BCUT2D eigenvalue weighted by atomic mass is 10.2. The smallest absolute Gasteiger partial charge is 0.141 e. The molecule has 0 aliphatic carbocycles. The lowest BCUT2D eigenvalue weighted by Gasteiger charge is -2.35. The van der Waals surface area contributed by atoms with E-state index in [1.165, 1.54) is 15.8 Å². The molecule has 4 nitrogen and oxygen atoms in total. The van der Waals surface area contributed by atoms with Crippen molar-refractivity contribution < 1.29 is 0 Å². The highest BCUT2D eigenvalue weighted by Crippen LogP contribution is 2.32. The topological polar surface area (TPSA) is 32.3 Å². The highest BCUT2D eigenvalue weighted by atomic mass is 35.5. The van der Waals surface area contributed by atoms with Crippen LogP contribution in [0.3, 0.4) is 0 Å². The fraction of sp³-hybridized carbons (Fsp3) is 0.429. The highest BCUT2D eigenvalue weighted by Gasteiger charge is 2.22. The molecule has 1 aliphatic rings. The first-order valence-corrected chi connectivity index (χ1v) is 10.9. The molecule has 0 saturated carbocycles. The number of hydrogen-bond donors (Lipinski definition) is 0. The first-order valence-electron chi connectivity index (χ1n) is 9.68. The second-order valence-corrected chi connectivity index (χ2v) is 8.48. The van der Waals surface area contributed by atoms with Gasteiger partial charge in [0.1, 0.15) is 16.5 Å². The molecular formula is C21H25ClN4S. The second-order valence-electron chi connectivity index (χ2n) is 6.96. The van der Waals surface area contributed by atoms with Crippen LogP contribution in [0.4, 0.5) is 5.82 Å². The van der Waals surface area contributed by atoms with Gasteiger partial charge in [0.2, 0.25) is 0 Å². The Balaban J connectivity index is 1.52. The first-order chi connectivity index (χ1) is 13.2. The summed E-state index contributed by atoms with van der Waals surface area (Å²) in [6.07, 6.45) is 1.92. The Bertz CT molecular complexity index is 931. The fourth-order valence-electron chi connectivity index (χ4n) is 3.56. The highest BCUT2D eigenvalue weighted by molar-refractivity contribution is 7.18. The van der Waals surface area contributed by atoms with Gasteiger partial charge in [0.15, 0.2) is 0 Å². The van der Waals surface area contributed by atoms with E-state index in [2.05, 4.69) is 41.8 Å². The van der Waals surface area contributed by atoms with Gasteiger partial charge in [-0.2, -0.15) is 0 Å². The number of hydrogen-bond acceptors (Lipinski definition) is 5. The van der Waals surface area contributed by atoms with E-state index in [9.17, 15) is 0 Å². The predicted molar refractivity (Wildman–Crippen MR) is 115 cm³/mol. The van der Waals surface area contributed by atoms with Crippen molar-refractivity contribution in [2.24, 2.45) is 0 Å². The van der Waals surface area contributed by atoms with Crippen molar-refractivity contribution >= 4 is 39.0 Å². The van der Waals surface area contributed by atoms with Gasteiger partial charge in [0.05, 0.1) is 5.39 Å². The molecule has 0 amide bonds. The van der Waals surface area contributed by atoms with Gasteiger partial charge in [-0.25, -0.2) is 9.97 Å². The zero-order valence-corrected chi connectivity index (χ0v) is 17.5. The van der Waals surface area contributed by atoms with Gasteiger partial charge in [-0.1, -0.05) is 43.6 Å². The molecule has 0 bridgehead atoms. The second kappa shape index (κ2) is 8.13. The monoisotopic (exact) mass is 400 g/mol. The van der Waals surface area contributed by atoms with Crippen molar-refractivity contribution in [2.45, 2.75) is 33.2 Å². The Labute approximate surface area is 169 Å². The molecule has 0 atom stereocenters. The molecule has 1 saturated heterocycles. The van der Waals surface area contributed by atoms with Gasteiger partial charge in [0.25, 0.3) is 0 Å². The maximum absolute atomic E-state index is 6.33. The van der Waals surface area contributed by atoms with Crippen LogP contribution in [0.5, 0.6) is 0 Å². The fourth-order valence-corrected chi connectivity index (χ4v) is 4.73. The molecule has 0 N–H and O–H groups in total. The molecule has 3 aromatic rings. The Kier molecular flexibility index (Phi) is 5.62. The molecule has 142 valence electrons. The van der Waals surface area contributed by atoms with Crippen molar-refractivity contribution in [3.05, 3.63) is 51.6 Å². The number of rotatable bonds is 5. The van der Waals surface area contributed by atoms with E-state index in [1.54, 1.807) is 11.3 Å². The van der Waals surface area contributed by atoms with E-state index in [0.29, 0.717) is 0 Å². The zero-order valence-electron chi connectivity index (χ0n) is 15.9. The Hall–Kier alpha value is -1.69. The van der Waals surface area contributed by atoms with Crippen molar-refractivity contribution in [3.8, 4) is 0 Å². The third kappa shape index (κ3) is 3.96. The summed E-state index contributed by atoms with van der Waals surface area (Å²) in [4.78, 5) is 17.1. The molecule has 0 spiro atoms. The van der Waals surface area contributed by atoms with Crippen LogP contribution >= 0.6 is 22.9 Å². The van der Waals surface area contributed by atoms with Crippen LogP contribution in [0.25, 0.3) is 10.2 Å². The third-order valence-corrected chi connectivity index (χ3v) is 6.70. The Morgan fingerprint density at radius 1 is 1.04 bits per heavy atom. The molecule has 1 aromatic carbocycles. The van der Waals surface area contributed by atoms with Crippen LogP contribution < -0.4 is 4.90 Å². The number of piperazine rings is 1. The Morgan fingerprint density at radius 2 is 1.81 bits per heavy atom. The zero-order chi connectivity index (χ0) is 18.8. The van der Waals surface area contributed by atoms with E-state index in [1.807, 2.05) is 12.1 Å². The lowest BCUT2D eigenvalue weighted by Crippen LogP contribution is -2.46. The van der Waals surface area contributed by atoms with Crippen LogP contribution in [0.15, 0.2) is 30.3 Å². The number of thiophene rings is 1. The molecule has 0 radical (unpaired) electrons. The maximum atomic E-state index is 6.33. The minimum Gasteiger partial charge on any atom is -0.353 e. The van der Waals surface area contributed by atoms with Crippen molar-refractivity contribution in [3.63, 3.8) is 0 Å². The van der Waals surface area contributed by atoms with Gasteiger partial charge in [-0.05, 0) is 24.1 Å². The molecule has 4 rings (SSSR count). The first kappa shape index (κ1) is 18.7. The average Bonchev–Trinajstić information content (AvgIpc) is 3.13. The molecule has 1 fully saturated rings. The summed E-state index contributed by atoms with van der Waals surface area (Å²) in [5.41, 5.74) is 1.20. The summed E-state index contributed by atoms with van der Waals surface area (Å²) >= 11 is 8.14. The largest absolute Gasteiger partial charge is 0.353 e. The predicted octanol–water partition coefficient (Wildman–Crippen LogP) is 4.79. The minimum atomic E-state index is 0.857. The average molecular weight is 401 g/mol. The Morgan fingerprint density at radius 3 is 2.52 bits per heavy atom. The summed E-state index contributed by atoms with van der Waals surface area (Å²) in [6.45, 7) is 9.23. The van der Waals surface area contributed by atoms with Crippen molar-refractivity contribution in [1.29, 1.82) is 0 Å². The standard InChI is InChI=1S/C21H25ClN4S/c1-3-16-13-17-20(23-19(4-2)24-21(17)27-16)26-11-9-25(10-12-26)14-15-7-5-6-8-18(15)22/h5-8,13H,3-4,9-12,14H2,1-2H3. The summed E-state index contributed by atoms with van der Waals surface area (Å²) in [5, 5.41) is 2.07. The van der Waals surface area contributed by atoms with Crippen LogP contribution in [0.1, 0.15) is 30.1 Å². The third-order valence-electron chi connectivity index (χ3n) is 5.16. The van der Waals surface area contributed by atoms with E-state index in [0.717, 1.165) is 67.1 Å². The molecule has 6 heteroatoms. The molecule has 3 heterocycles. The van der Waals surface area contributed by atoms with Crippen LogP contribution in [-0.2, 0) is 19.4 Å². The van der Waals surface area contributed by atoms with E-state index < -0.39 is 0 Å². The summed E-state index contributed by atoms with van der Waals surface area (Å²) in [6, 6.07) is 10.4. The normalized spacial score (nSPS) is 15.6. The molecule has 1 aliphatic heterocycles. The van der Waals surface area contributed by atoms with Crippen LogP contribution in [-0.4, -0.2) is 41.0 Å². The van der Waals surface area contributed by atoms with E-state index in [4.69, 9.17) is 21.6 Å². The number of fused-ring (bicyclic) bond motifs is 1. The number of halogens is 1. The summed E-state index contributed by atoms with van der Waals surface area (Å²) in [5.74, 6) is 2.06. The number of aromatic nitrogens is 2. The van der Waals surface area contributed by atoms with Gasteiger partial charge < -0.3 is 4.90 Å². The number of nitrogens with zero attached hydrogens (tertiary/aromatic N) is 4. The molecule has 27 heavy (non-hydrogen) atoms. The van der Waals surface area contributed by atoms with Crippen molar-refractivity contribution in [1.82, 2.24) is 14.9 Å². The molecule has 0 unspecified atom stereocenters. The van der Waals surface area contributed by atoms with Gasteiger partial charge in [-0.3, -0.25) is 4.90 Å². The lowest BCUT2D eigenvalue weighted by molar-refractivity contribution is 0.249. The van der Waals surface area contributed by atoms with Gasteiger partial charge in [0, 0.05) is 49.0 Å². The molecule has 2 aromatic heterocycles. The maximum Gasteiger partial charge on any atom is 0.141 e.